The summed E-state index contributed by atoms with van der Waals surface area (Å²) < 4.78 is 24.8. The third kappa shape index (κ3) is 4.01. The highest BCUT2D eigenvalue weighted by Crippen LogP contribution is 2.20. The van der Waals surface area contributed by atoms with Crippen molar-refractivity contribution >= 4 is 0 Å². The largest absolute Gasteiger partial charge is 0.376 e. The number of rotatable bonds is 7. The molecule has 110 valence electrons. The van der Waals surface area contributed by atoms with Crippen LogP contribution >= 0.6 is 0 Å². The van der Waals surface area contributed by atoms with Crippen LogP contribution in [-0.4, -0.2) is 25.4 Å². The minimum absolute atomic E-state index is 0.187. The molecule has 0 radical (unpaired) electrons. The maximum atomic E-state index is 13.7. The third-order valence-corrected chi connectivity index (χ3v) is 3.87. The van der Waals surface area contributed by atoms with E-state index in [2.05, 4.69) is 5.32 Å². The van der Waals surface area contributed by atoms with Gasteiger partial charge in [0.25, 0.3) is 0 Å². The van der Waals surface area contributed by atoms with Gasteiger partial charge in [-0.2, -0.15) is 0 Å². The molecule has 1 aliphatic carbocycles. The van der Waals surface area contributed by atoms with E-state index >= 15 is 0 Å². The summed E-state index contributed by atoms with van der Waals surface area (Å²) in [5, 5.41) is 3.44. The predicted octanol–water partition coefficient (Wildman–Crippen LogP) is 2.77. The van der Waals surface area contributed by atoms with Crippen molar-refractivity contribution in [3.05, 3.63) is 35.1 Å². The van der Waals surface area contributed by atoms with Crippen molar-refractivity contribution in [2.24, 2.45) is 0 Å². The van der Waals surface area contributed by atoms with Crippen molar-refractivity contribution < 1.29 is 13.9 Å². The van der Waals surface area contributed by atoms with E-state index in [1.165, 1.54) is 18.9 Å². The highest BCUT2D eigenvalue weighted by molar-refractivity contribution is 5.24. The average molecular weight is 279 g/mol. The Labute approximate surface area is 119 Å². The second-order valence-corrected chi connectivity index (χ2v) is 5.73. The molecule has 1 heterocycles. The van der Waals surface area contributed by atoms with Gasteiger partial charge in [0, 0.05) is 24.8 Å². The van der Waals surface area contributed by atoms with Gasteiger partial charge in [0.05, 0.1) is 19.3 Å². The van der Waals surface area contributed by atoms with Gasteiger partial charge < -0.3 is 14.8 Å². The minimum Gasteiger partial charge on any atom is -0.376 e. The number of benzene rings is 1. The Bertz CT molecular complexity index is 442. The molecule has 1 aliphatic heterocycles. The molecule has 3 nitrogen and oxygen atoms in total. The molecule has 0 spiro atoms. The summed E-state index contributed by atoms with van der Waals surface area (Å²) in [5.41, 5.74) is 1.76. The summed E-state index contributed by atoms with van der Waals surface area (Å²) in [6.45, 7) is 2.52. The lowest BCUT2D eigenvalue weighted by Crippen LogP contribution is -2.16. The number of halogens is 1. The van der Waals surface area contributed by atoms with Crippen molar-refractivity contribution in [1.82, 2.24) is 5.32 Å². The summed E-state index contributed by atoms with van der Waals surface area (Å²) in [4.78, 5) is 0. The molecule has 20 heavy (non-hydrogen) atoms. The van der Waals surface area contributed by atoms with Crippen molar-refractivity contribution in [3.8, 4) is 0 Å². The molecule has 0 amide bonds. The maximum Gasteiger partial charge on any atom is 0.128 e. The fraction of sp³-hybridized carbons (Fsp3) is 0.625. The molecule has 0 aromatic heterocycles. The smallest absolute Gasteiger partial charge is 0.128 e. The van der Waals surface area contributed by atoms with E-state index in [0.29, 0.717) is 24.8 Å². The summed E-state index contributed by atoms with van der Waals surface area (Å²) in [6, 6.07) is 5.95. The molecular formula is C16H22FNO2. The average Bonchev–Trinajstić information content (AvgIpc) is 3.14. The van der Waals surface area contributed by atoms with Crippen molar-refractivity contribution in [1.29, 1.82) is 0 Å². The maximum absolute atomic E-state index is 13.7. The van der Waals surface area contributed by atoms with Gasteiger partial charge in [0.1, 0.15) is 5.82 Å². The second-order valence-electron chi connectivity index (χ2n) is 5.73. The summed E-state index contributed by atoms with van der Waals surface area (Å²) in [5.74, 6) is -0.187. The van der Waals surface area contributed by atoms with Crippen molar-refractivity contribution in [3.63, 3.8) is 0 Å². The van der Waals surface area contributed by atoms with Gasteiger partial charge >= 0.3 is 0 Å². The quantitative estimate of drug-likeness (QED) is 0.832. The molecule has 1 saturated carbocycles. The van der Waals surface area contributed by atoms with Gasteiger partial charge in [-0.15, -0.1) is 0 Å². The lowest BCUT2D eigenvalue weighted by Gasteiger charge is -2.11. The van der Waals surface area contributed by atoms with Gasteiger partial charge in [-0.1, -0.05) is 6.07 Å². The molecule has 1 unspecified atom stereocenters. The van der Waals surface area contributed by atoms with E-state index in [-0.39, 0.29) is 11.9 Å². The fourth-order valence-electron chi connectivity index (χ4n) is 2.47. The van der Waals surface area contributed by atoms with Gasteiger partial charge in [-0.05, 0) is 43.4 Å². The zero-order valence-electron chi connectivity index (χ0n) is 11.7. The summed E-state index contributed by atoms with van der Waals surface area (Å²) in [7, 11) is 0. The van der Waals surface area contributed by atoms with E-state index in [0.717, 1.165) is 31.6 Å². The topological polar surface area (TPSA) is 30.5 Å². The lowest BCUT2D eigenvalue weighted by atomic mass is 10.1. The van der Waals surface area contributed by atoms with Crippen LogP contribution < -0.4 is 5.32 Å². The van der Waals surface area contributed by atoms with Crippen LogP contribution in [0.2, 0.25) is 0 Å². The van der Waals surface area contributed by atoms with Gasteiger partial charge in [-0.3, -0.25) is 0 Å². The molecule has 1 aromatic rings. The molecule has 1 saturated heterocycles. The van der Waals surface area contributed by atoms with E-state index in [1.807, 2.05) is 12.1 Å². The highest BCUT2D eigenvalue weighted by atomic mass is 19.1. The Morgan fingerprint density at radius 1 is 1.30 bits per heavy atom. The normalized spacial score (nSPS) is 22.4. The van der Waals surface area contributed by atoms with Crippen LogP contribution in [0.1, 0.15) is 36.8 Å². The fourth-order valence-corrected chi connectivity index (χ4v) is 2.47. The number of ether oxygens (including phenoxy) is 2. The third-order valence-electron chi connectivity index (χ3n) is 3.87. The van der Waals surface area contributed by atoms with Crippen molar-refractivity contribution in [2.75, 3.05) is 13.2 Å². The Morgan fingerprint density at radius 2 is 2.20 bits per heavy atom. The van der Waals surface area contributed by atoms with Crippen LogP contribution in [0.4, 0.5) is 4.39 Å². The zero-order chi connectivity index (χ0) is 13.8. The Kier molecular flexibility index (Phi) is 4.65. The molecule has 2 aliphatic rings. The summed E-state index contributed by atoms with van der Waals surface area (Å²) >= 11 is 0. The molecule has 4 heteroatoms. The van der Waals surface area contributed by atoms with Crippen LogP contribution in [-0.2, 0) is 22.6 Å². The van der Waals surface area contributed by atoms with Gasteiger partial charge in [0.15, 0.2) is 0 Å². The van der Waals surface area contributed by atoms with E-state index in [1.54, 1.807) is 0 Å². The van der Waals surface area contributed by atoms with E-state index < -0.39 is 0 Å². The predicted molar refractivity (Wildman–Crippen MR) is 74.9 cm³/mol. The molecule has 1 aromatic carbocycles. The number of hydrogen-bond acceptors (Lipinski definition) is 3. The first-order valence-corrected chi connectivity index (χ1v) is 7.51. The van der Waals surface area contributed by atoms with Gasteiger partial charge in [-0.25, -0.2) is 4.39 Å². The standard InChI is InChI=1S/C16H22FNO2/c17-16-6-3-12(9-18-14-4-5-14)8-13(16)10-19-11-15-2-1-7-20-15/h3,6,8,14-15,18H,1-2,4-5,7,9-11H2. The number of hydrogen-bond donors (Lipinski definition) is 1. The van der Waals surface area contributed by atoms with Crippen LogP contribution in [0.25, 0.3) is 0 Å². The Balaban J connectivity index is 1.49. The molecule has 1 N–H and O–H groups in total. The minimum atomic E-state index is -0.187. The first kappa shape index (κ1) is 14.0. The second kappa shape index (κ2) is 6.66. The summed E-state index contributed by atoms with van der Waals surface area (Å²) in [6.07, 6.45) is 4.87. The van der Waals surface area contributed by atoms with E-state index in [9.17, 15) is 4.39 Å². The highest BCUT2D eigenvalue weighted by Gasteiger charge is 2.20. The molecule has 0 bridgehead atoms. The van der Waals surface area contributed by atoms with Crippen LogP contribution in [0.3, 0.4) is 0 Å². The first-order chi connectivity index (χ1) is 9.81. The van der Waals surface area contributed by atoms with Crippen LogP contribution in [0, 0.1) is 5.82 Å². The van der Waals surface area contributed by atoms with Crippen LogP contribution in [0.5, 0.6) is 0 Å². The monoisotopic (exact) mass is 279 g/mol. The first-order valence-electron chi connectivity index (χ1n) is 7.51. The van der Waals surface area contributed by atoms with E-state index in [4.69, 9.17) is 9.47 Å². The zero-order valence-corrected chi connectivity index (χ0v) is 11.7. The molecular weight excluding hydrogens is 257 g/mol. The van der Waals surface area contributed by atoms with Crippen molar-refractivity contribution in [2.45, 2.75) is 51.0 Å². The number of nitrogens with one attached hydrogen (secondary N) is 1. The molecule has 2 fully saturated rings. The Hall–Kier alpha value is -0.970. The van der Waals surface area contributed by atoms with Gasteiger partial charge in [0.2, 0.25) is 0 Å². The van der Waals surface area contributed by atoms with Crippen LogP contribution in [0.15, 0.2) is 18.2 Å². The SMILES string of the molecule is Fc1ccc(CNC2CC2)cc1COCC1CCCO1. The lowest BCUT2D eigenvalue weighted by molar-refractivity contribution is 0.00981. The Morgan fingerprint density at radius 3 is 2.95 bits per heavy atom. The molecule has 1 atom stereocenters. The molecule has 3 rings (SSSR count).